The maximum Gasteiger partial charge on any atom is 0.408 e. The molecule has 0 aliphatic heterocycles. The van der Waals surface area contributed by atoms with E-state index in [1.54, 1.807) is 39.0 Å². The van der Waals surface area contributed by atoms with Gasteiger partial charge in [-0.15, -0.1) is 0 Å². The number of carbonyl (C=O) groups is 2. The molecule has 1 aromatic heterocycles. The molecule has 2 rings (SSSR count). The molecule has 0 aliphatic carbocycles. The molecule has 0 spiro atoms. The zero-order valence-electron chi connectivity index (χ0n) is 17.3. The molecule has 0 unspecified atom stereocenters. The summed E-state index contributed by atoms with van der Waals surface area (Å²) in [6.45, 7) is 7.57. The van der Waals surface area contributed by atoms with Crippen LogP contribution in [-0.2, 0) is 9.53 Å². The number of nitrogens with two attached hydrogens (primary N) is 1. The molecule has 0 saturated carbocycles. The minimum absolute atomic E-state index is 0.382. The van der Waals surface area contributed by atoms with Crippen LogP contribution in [-0.4, -0.2) is 30.2 Å². The van der Waals surface area contributed by atoms with Gasteiger partial charge >= 0.3 is 11.7 Å². The molecular weight excluding hydrogens is 374 g/mol. The lowest BCUT2D eigenvalue weighted by Crippen LogP contribution is -2.45. The quantitative estimate of drug-likeness (QED) is 0.482. The van der Waals surface area contributed by atoms with Gasteiger partial charge in [0, 0.05) is 23.2 Å². The number of hydrogen-bond donors (Lipinski definition) is 3. The van der Waals surface area contributed by atoms with Crippen molar-refractivity contribution >= 4 is 28.7 Å². The first-order valence-corrected chi connectivity index (χ1v) is 9.64. The lowest BCUT2D eigenvalue weighted by Gasteiger charge is -2.23. The Morgan fingerprint density at radius 3 is 2.59 bits per heavy atom. The molecular formula is C21H29N3O5. The SMILES string of the molecule is Cc1cc(=O)oc2cc(NC(=O)[C@@H](CCCCN)NC(=O)OC(C)(C)C)ccc12. The number of carbonyl (C=O) groups excluding carboxylic acids is 2. The maximum atomic E-state index is 12.8. The van der Waals surface area contributed by atoms with Gasteiger partial charge in [0.1, 0.15) is 17.2 Å². The van der Waals surface area contributed by atoms with E-state index in [-0.39, 0.29) is 5.91 Å². The fourth-order valence-corrected chi connectivity index (χ4v) is 2.84. The van der Waals surface area contributed by atoms with E-state index < -0.39 is 23.4 Å². The maximum absolute atomic E-state index is 12.8. The van der Waals surface area contributed by atoms with E-state index in [4.69, 9.17) is 14.9 Å². The van der Waals surface area contributed by atoms with Crippen molar-refractivity contribution in [2.45, 2.75) is 58.6 Å². The van der Waals surface area contributed by atoms with Crippen LogP contribution in [0, 0.1) is 6.92 Å². The standard InChI is InChI=1S/C21H29N3O5/c1-13-11-18(25)28-17-12-14(8-9-15(13)17)23-19(26)16(7-5-6-10-22)24-20(27)29-21(2,3)4/h8-9,11-12,16H,5-7,10,22H2,1-4H3,(H,23,26)(H,24,27)/t16-/m1/s1. The van der Waals surface area contributed by atoms with Crippen molar-refractivity contribution in [2.24, 2.45) is 5.73 Å². The average Bonchev–Trinajstić information content (AvgIpc) is 2.58. The number of ether oxygens (including phenoxy) is 1. The van der Waals surface area contributed by atoms with Crippen molar-refractivity contribution in [1.82, 2.24) is 5.32 Å². The van der Waals surface area contributed by atoms with Gasteiger partial charge in [0.15, 0.2) is 0 Å². The van der Waals surface area contributed by atoms with Gasteiger partial charge in [-0.2, -0.15) is 0 Å². The summed E-state index contributed by atoms with van der Waals surface area (Å²) in [6.07, 6.45) is 1.17. The minimum Gasteiger partial charge on any atom is -0.444 e. The highest BCUT2D eigenvalue weighted by Gasteiger charge is 2.24. The van der Waals surface area contributed by atoms with Gasteiger partial charge < -0.3 is 25.5 Å². The van der Waals surface area contributed by atoms with Gasteiger partial charge in [-0.3, -0.25) is 4.79 Å². The topological polar surface area (TPSA) is 124 Å². The van der Waals surface area contributed by atoms with E-state index in [0.717, 1.165) is 17.4 Å². The number of anilines is 1. The molecule has 0 aliphatic rings. The summed E-state index contributed by atoms with van der Waals surface area (Å²) in [7, 11) is 0. The number of fused-ring (bicyclic) bond motifs is 1. The van der Waals surface area contributed by atoms with Gasteiger partial charge in [-0.05, 0) is 71.2 Å². The van der Waals surface area contributed by atoms with Crippen LogP contribution in [0.25, 0.3) is 11.0 Å². The Hall–Kier alpha value is -2.87. The molecule has 158 valence electrons. The molecule has 0 fully saturated rings. The molecule has 0 radical (unpaired) electrons. The van der Waals surface area contributed by atoms with Crippen molar-refractivity contribution < 1.29 is 18.7 Å². The highest BCUT2D eigenvalue weighted by molar-refractivity contribution is 5.98. The summed E-state index contributed by atoms with van der Waals surface area (Å²) in [5.41, 5.74) is 6.04. The van der Waals surface area contributed by atoms with E-state index in [0.29, 0.717) is 30.7 Å². The Bertz CT molecular complexity index is 930. The Balaban J connectivity index is 2.16. The van der Waals surface area contributed by atoms with Crippen LogP contribution in [0.5, 0.6) is 0 Å². The Morgan fingerprint density at radius 1 is 1.21 bits per heavy atom. The summed E-state index contributed by atoms with van der Waals surface area (Å²) in [5.74, 6) is -0.387. The number of aryl methyl sites for hydroxylation is 1. The third-order valence-corrected chi connectivity index (χ3v) is 4.17. The molecule has 8 nitrogen and oxygen atoms in total. The number of nitrogens with one attached hydrogen (secondary N) is 2. The highest BCUT2D eigenvalue weighted by Crippen LogP contribution is 2.21. The predicted octanol–water partition coefficient (Wildman–Crippen LogP) is 3.06. The molecule has 8 heteroatoms. The van der Waals surface area contributed by atoms with E-state index in [9.17, 15) is 14.4 Å². The van der Waals surface area contributed by atoms with Crippen molar-refractivity contribution in [1.29, 1.82) is 0 Å². The van der Waals surface area contributed by atoms with Gasteiger partial charge in [-0.25, -0.2) is 9.59 Å². The van der Waals surface area contributed by atoms with Gasteiger partial charge in [0.25, 0.3) is 0 Å². The van der Waals surface area contributed by atoms with Crippen LogP contribution in [0.3, 0.4) is 0 Å². The predicted molar refractivity (Wildman–Crippen MR) is 112 cm³/mol. The first-order chi connectivity index (χ1) is 13.6. The summed E-state index contributed by atoms with van der Waals surface area (Å²) in [6, 6.07) is 5.72. The third kappa shape index (κ3) is 6.90. The number of hydrogen-bond acceptors (Lipinski definition) is 6. The van der Waals surface area contributed by atoms with Crippen LogP contribution < -0.4 is 22.0 Å². The Morgan fingerprint density at radius 2 is 1.93 bits per heavy atom. The summed E-state index contributed by atoms with van der Waals surface area (Å²) in [4.78, 5) is 36.5. The lowest BCUT2D eigenvalue weighted by atomic mass is 10.1. The second-order valence-corrected chi connectivity index (χ2v) is 7.93. The molecule has 1 atom stereocenters. The first-order valence-electron chi connectivity index (χ1n) is 9.64. The van der Waals surface area contributed by atoms with Crippen molar-refractivity contribution in [2.75, 3.05) is 11.9 Å². The van der Waals surface area contributed by atoms with Crippen LogP contribution in [0.15, 0.2) is 33.5 Å². The number of unbranched alkanes of at least 4 members (excludes halogenated alkanes) is 1. The van der Waals surface area contributed by atoms with Gasteiger partial charge in [-0.1, -0.05) is 0 Å². The average molecular weight is 403 g/mol. The second kappa shape index (κ2) is 9.56. The van der Waals surface area contributed by atoms with Crippen LogP contribution in [0.4, 0.5) is 10.5 Å². The number of rotatable bonds is 7. The molecule has 0 saturated heterocycles. The van der Waals surface area contributed by atoms with Crippen molar-refractivity contribution in [3.8, 4) is 0 Å². The minimum atomic E-state index is -0.781. The highest BCUT2D eigenvalue weighted by atomic mass is 16.6. The molecule has 4 N–H and O–H groups in total. The zero-order chi connectivity index (χ0) is 21.6. The largest absolute Gasteiger partial charge is 0.444 e. The van der Waals surface area contributed by atoms with E-state index >= 15 is 0 Å². The molecule has 0 bridgehead atoms. The van der Waals surface area contributed by atoms with Crippen LogP contribution in [0.1, 0.15) is 45.6 Å². The molecule has 29 heavy (non-hydrogen) atoms. The second-order valence-electron chi connectivity index (χ2n) is 7.93. The third-order valence-electron chi connectivity index (χ3n) is 4.17. The smallest absolute Gasteiger partial charge is 0.408 e. The van der Waals surface area contributed by atoms with E-state index in [2.05, 4.69) is 10.6 Å². The summed E-state index contributed by atoms with van der Waals surface area (Å²) >= 11 is 0. The lowest BCUT2D eigenvalue weighted by molar-refractivity contribution is -0.118. The number of amides is 2. The van der Waals surface area contributed by atoms with Crippen molar-refractivity contribution in [3.05, 3.63) is 40.2 Å². The molecule has 1 aromatic carbocycles. The zero-order valence-corrected chi connectivity index (χ0v) is 17.3. The number of benzene rings is 1. The van der Waals surface area contributed by atoms with E-state index in [1.807, 2.05) is 6.92 Å². The normalized spacial score (nSPS) is 12.4. The van der Waals surface area contributed by atoms with Gasteiger partial charge in [0.05, 0.1) is 0 Å². The van der Waals surface area contributed by atoms with Crippen molar-refractivity contribution in [3.63, 3.8) is 0 Å². The molecule has 2 amide bonds. The molecule has 2 aromatic rings. The monoisotopic (exact) mass is 403 g/mol. The van der Waals surface area contributed by atoms with Crippen LogP contribution >= 0.6 is 0 Å². The fourth-order valence-electron chi connectivity index (χ4n) is 2.84. The van der Waals surface area contributed by atoms with E-state index in [1.165, 1.54) is 6.07 Å². The molecule has 1 heterocycles. The number of alkyl carbamates (subject to hydrolysis) is 1. The Kier molecular flexibility index (Phi) is 7.39. The van der Waals surface area contributed by atoms with Crippen LogP contribution in [0.2, 0.25) is 0 Å². The fraction of sp³-hybridized carbons (Fsp3) is 0.476. The first kappa shape index (κ1) is 22.4. The summed E-state index contributed by atoms with van der Waals surface area (Å²) in [5, 5.41) is 6.17. The summed E-state index contributed by atoms with van der Waals surface area (Å²) < 4.78 is 10.5. The Labute approximate surface area is 169 Å². The van der Waals surface area contributed by atoms with Gasteiger partial charge in [0.2, 0.25) is 5.91 Å².